The van der Waals surface area contributed by atoms with Crippen molar-refractivity contribution in [2.75, 3.05) is 25.2 Å². The van der Waals surface area contributed by atoms with Gasteiger partial charge >= 0.3 is 0 Å². The molecule has 30 heavy (non-hydrogen) atoms. The summed E-state index contributed by atoms with van der Waals surface area (Å²) in [6, 6.07) is 10.5. The second-order valence-corrected chi connectivity index (χ2v) is 7.42. The van der Waals surface area contributed by atoms with Gasteiger partial charge in [0, 0.05) is 7.05 Å². The summed E-state index contributed by atoms with van der Waals surface area (Å²) in [5, 5.41) is 0.953. The molecule has 0 aliphatic carbocycles. The minimum atomic E-state index is -0.258. The summed E-state index contributed by atoms with van der Waals surface area (Å²) in [6.07, 6.45) is 6.88. The Bertz CT molecular complexity index is 1040. The van der Waals surface area contributed by atoms with Crippen LogP contribution in [0.5, 0.6) is 11.5 Å². The number of likely N-dealkylation sites (N-methyl/N-ethyl adjacent to an activating group) is 1. The standard InChI is InChI=1S/C22H18Cl2N2O3S/c1-4-10-29-20-17(23)11-14(12-18(20)24)13-19-21(27)26(22(30)25(19)3)15-6-8-16(9-7-15)28-5-2/h1,6-9,11-13H,5,10H2,2-3H3/b19-13-. The van der Waals surface area contributed by atoms with Crippen LogP contribution in [0.1, 0.15) is 12.5 Å². The van der Waals surface area contributed by atoms with Gasteiger partial charge in [0.1, 0.15) is 18.1 Å². The average molecular weight is 461 g/mol. The third kappa shape index (κ3) is 4.39. The molecule has 0 bridgehead atoms. The summed E-state index contributed by atoms with van der Waals surface area (Å²) < 4.78 is 10.8. The van der Waals surface area contributed by atoms with Gasteiger partial charge in [-0.3, -0.25) is 9.69 Å². The maximum atomic E-state index is 13.1. The SMILES string of the molecule is C#CCOc1c(Cl)cc(/C=C2/C(=O)N(c3ccc(OCC)cc3)C(=S)N2C)cc1Cl. The van der Waals surface area contributed by atoms with Crippen LogP contribution < -0.4 is 14.4 Å². The summed E-state index contributed by atoms with van der Waals surface area (Å²) in [6.45, 7) is 2.52. The molecule has 2 aromatic rings. The molecule has 154 valence electrons. The molecular weight excluding hydrogens is 443 g/mol. The van der Waals surface area contributed by atoms with Gasteiger partial charge in [-0.25, -0.2) is 0 Å². The van der Waals surface area contributed by atoms with E-state index >= 15 is 0 Å². The first kappa shape index (κ1) is 22.0. The van der Waals surface area contributed by atoms with Crippen LogP contribution in [0.2, 0.25) is 10.0 Å². The van der Waals surface area contributed by atoms with Crippen molar-refractivity contribution in [3.8, 4) is 23.8 Å². The van der Waals surface area contributed by atoms with Gasteiger partial charge in [0.05, 0.1) is 22.3 Å². The molecule has 1 heterocycles. The van der Waals surface area contributed by atoms with E-state index in [9.17, 15) is 4.79 Å². The molecule has 0 atom stereocenters. The molecule has 1 aliphatic rings. The van der Waals surface area contributed by atoms with Crippen LogP contribution in [0.15, 0.2) is 42.1 Å². The lowest BCUT2D eigenvalue weighted by atomic mass is 10.1. The lowest BCUT2D eigenvalue weighted by Gasteiger charge is -2.16. The Hall–Kier alpha value is -2.72. The van der Waals surface area contributed by atoms with Gasteiger partial charge in [-0.1, -0.05) is 29.1 Å². The van der Waals surface area contributed by atoms with E-state index in [0.717, 1.165) is 5.75 Å². The highest BCUT2D eigenvalue weighted by molar-refractivity contribution is 7.80. The Kier molecular flexibility index (Phi) is 6.88. The Labute approximate surface area is 190 Å². The largest absolute Gasteiger partial charge is 0.494 e. The minimum absolute atomic E-state index is 0.0480. The van der Waals surface area contributed by atoms with Gasteiger partial charge in [0.25, 0.3) is 5.91 Å². The van der Waals surface area contributed by atoms with Crippen LogP contribution in [0.3, 0.4) is 0 Å². The minimum Gasteiger partial charge on any atom is -0.494 e. The molecule has 0 aromatic heterocycles. The second-order valence-electron chi connectivity index (χ2n) is 6.25. The molecule has 3 rings (SSSR count). The van der Waals surface area contributed by atoms with Gasteiger partial charge in [0.2, 0.25) is 0 Å². The number of halogens is 2. The summed E-state index contributed by atoms with van der Waals surface area (Å²) in [4.78, 5) is 16.2. The number of terminal acetylenes is 1. The summed E-state index contributed by atoms with van der Waals surface area (Å²) in [5.41, 5.74) is 1.67. The number of hydrogen-bond acceptors (Lipinski definition) is 4. The Balaban J connectivity index is 1.91. The van der Waals surface area contributed by atoms with Crippen molar-refractivity contribution in [2.45, 2.75) is 6.92 Å². The zero-order chi connectivity index (χ0) is 21.8. The monoisotopic (exact) mass is 460 g/mol. The van der Waals surface area contributed by atoms with Crippen molar-refractivity contribution in [2.24, 2.45) is 0 Å². The molecule has 0 unspecified atom stereocenters. The molecule has 0 spiro atoms. The highest BCUT2D eigenvalue weighted by Crippen LogP contribution is 2.36. The van der Waals surface area contributed by atoms with Crippen LogP contribution in [-0.4, -0.2) is 36.2 Å². The van der Waals surface area contributed by atoms with E-state index in [-0.39, 0.29) is 12.5 Å². The molecule has 0 radical (unpaired) electrons. The first-order valence-corrected chi connectivity index (χ1v) is 10.2. The molecule has 2 aromatic carbocycles. The lowest BCUT2D eigenvalue weighted by molar-refractivity contribution is -0.114. The van der Waals surface area contributed by atoms with Crippen LogP contribution >= 0.6 is 35.4 Å². The van der Waals surface area contributed by atoms with Crippen molar-refractivity contribution < 1.29 is 14.3 Å². The number of amides is 1. The van der Waals surface area contributed by atoms with Crippen LogP contribution in [0, 0.1) is 12.3 Å². The fraction of sp³-hybridized carbons (Fsp3) is 0.182. The van der Waals surface area contributed by atoms with E-state index < -0.39 is 0 Å². The van der Waals surface area contributed by atoms with E-state index in [0.29, 0.717) is 44.5 Å². The molecule has 1 aliphatic heterocycles. The van der Waals surface area contributed by atoms with Crippen molar-refractivity contribution in [3.63, 3.8) is 0 Å². The van der Waals surface area contributed by atoms with Crippen molar-refractivity contribution in [1.82, 2.24) is 4.90 Å². The number of carbonyl (C=O) groups excluding carboxylic acids is 1. The number of thiocarbonyl (C=S) groups is 1. The molecule has 1 fully saturated rings. The molecule has 8 heteroatoms. The highest BCUT2D eigenvalue weighted by atomic mass is 35.5. The number of benzene rings is 2. The van der Waals surface area contributed by atoms with E-state index in [4.69, 9.17) is 51.3 Å². The van der Waals surface area contributed by atoms with E-state index in [1.54, 1.807) is 54.4 Å². The first-order valence-electron chi connectivity index (χ1n) is 8.99. The van der Waals surface area contributed by atoms with E-state index in [1.807, 2.05) is 6.92 Å². The molecule has 1 saturated heterocycles. The maximum Gasteiger partial charge on any atom is 0.281 e. The summed E-state index contributed by atoms with van der Waals surface area (Å²) in [7, 11) is 1.73. The molecule has 5 nitrogen and oxygen atoms in total. The number of ether oxygens (including phenoxy) is 2. The molecule has 0 saturated carbocycles. The predicted molar refractivity (Wildman–Crippen MR) is 124 cm³/mol. The normalized spacial score (nSPS) is 15.0. The summed E-state index contributed by atoms with van der Waals surface area (Å²) in [5.74, 6) is 3.13. The van der Waals surface area contributed by atoms with Gasteiger partial charge in [-0.05, 0) is 67.2 Å². The van der Waals surface area contributed by atoms with Crippen LogP contribution in [0.25, 0.3) is 6.08 Å². The number of hydrogen-bond donors (Lipinski definition) is 0. The van der Waals surface area contributed by atoms with Crippen LogP contribution in [-0.2, 0) is 4.79 Å². The fourth-order valence-electron chi connectivity index (χ4n) is 2.91. The topological polar surface area (TPSA) is 42.0 Å². The number of carbonyl (C=O) groups is 1. The van der Waals surface area contributed by atoms with Gasteiger partial charge in [-0.2, -0.15) is 0 Å². The Morgan fingerprint density at radius 2 is 1.80 bits per heavy atom. The zero-order valence-electron chi connectivity index (χ0n) is 16.3. The van der Waals surface area contributed by atoms with Crippen molar-refractivity contribution in [1.29, 1.82) is 0 Å². The molecule has 1 amide bonds. The number of anilines is 1. The number of rotatable bonds is 6. The average Bonchev–Trinajstić information content (AvgIpc) is 2.92. The van der Waals surface area contributed by atoms with E-state index in [1.165, 1.54) is 4.90 Å². The van der Waals surface area contributed by atoms with Crippen LogP contribution in [0.4, 0.5) is 5.69 Å². The van der Waals surface area contributed by atoms with Gasteiger partial charge in [0.15, 0.2) is 10.9 Å². The quantitative estimate of drug-likeness (QED) is 0.344. The first-order chi connectivity index (χ1) is 14.4. The Morgan fingerprint density at radius 3 is 2.37 bits per heavy atom. The lowest BCUT2D eigenvalue weighted by Crippen LogP contribution is -2.31. The smallest absolute Gasteiger partial charge is 0.281 e. The summed E-state index contributed by atoms with van der Waals surface area (Å²) >= 11 is 18.0. The molecular formula is C22H18Cl2N2O3S. The third-order valence-corrected chi connectivity index (χ3v) is 5.31. The zero-order valence-corrected chi connectivity index (χ0v) is 18.6. The molecule has 0 N–H and O–H groups in total. The van der Waals surface area contributed by atoms with Gasteiger partial charge in [-0.15, -0.1) is 6.42 Å². The Morgan fingerprint density at radius 1 is 1.17 bits per heavy atom. The number of nitrogens with zero attached hydrogens (tertiary/aromatic N) is 2. The fourth-order valence-corrected chi connectivity index (χ4v) is 3.81. The van der Waals surface area contributed by atoms with Gasteiger partial charge < -0.3 is 14.4 Å². The highest BCUT2D eigenvalue weighted by Gasteiger charge is 2.36. The van der Waals surface area contributed by atoms with E-state index in [2.05, 4.69) is 5.92 Å². The second kappa shape index (κ2) is 9.40. The maximum absolute atomic E-state index is 13.1. The van der Waals surface area contributed by atoms with Crippen molar-refractivity contribution >= 4 is 58.2 Å². The third-order valence-electron chi connectivity index (χ3n) is 4.29. The predicted octanol–water partition coefficient (Wildman–Crippen LogP) is 5.01. The van der Waals surface area contributed by atoms with Crippen molar-refractivity contribution in [3.05, 3.63) is 57.7 Å².